The second-order valence-corrected chi connectivity index (χ2v) is 1.86. The van der Waals surface area contributed by atoms with E-state index in [1.165, 1.54) is 13.8 Å². The zero-order valence-corrected chi connectivity index (χ0v) is 6.31. The first-order chi connectivity index (χ1) is 4.15. The highest BCUT2D eigenvalue weighted by Crippen LogP contribution is 1.74. The van der Waals surface area contributed by atoms with Crippen LogP contribution in [0.25, 0.3) is 0 Å². The van der Waals surface area contributed by atoms with Gasteiger partial charge in [-0.15, -0.1) is 0 Å². The van der Waals surface area contributed by atoms with Crippen LogP contribution in [0.1, 0.15) is 33.6 Å². The zero-order chi connectivity index (χ0) is 7.70. The lowest BCUT2D eigenvalue weighted by Crippen LogP contribution is -1.69. The SMILES string of the molecule is CC(C)=O.CCCC=O. The molecule has 9 heavy (non-hydrogen) atoms. The van der Waals surface area contributed by atoms with Gasteiger partial charge in [-0.3, -0.25) is 0 Å². The lowest BCUT2D eigenvalue weighted by Gasteiger charge is -1.68. The van der Waals surface area contributed by atoms with E-state index in [1.54, 1.807) is 0 Å². The Balaban J connectivity index is 0. The Morgan fingerprint density at radius 2 is 1.78 bits per heavy atom. The van der Waals surface area contributed by atoms with Crippen LogP contribution >= 0.6 is 0 Å². The van der Waals surface area contributed by atoms with Crippen LogP contribution in [0, 0.1) is 0 Å². The van der Waals surface area contributed by atoms with Crippen LogP contribution in [0.4, 0.5) is 0 Å². The van der Waals surface area contributed by atoms with Crippen LogP contribution < -0.4 is 0 Å². The van der Waals surface area contributed by atoms with Gasteiger partial charge in [0.2, 0.25) is 0 Å². The molecular weight excluding hydrogens is 116 g/mol. The molecule has 0 unspecified atom stereocenters. The number of hydrogen-bond acceptors (Lipinski definition) is 2. The molecule has 0 spiro atoms. The topological polar surface area (TPSA) is 34.1 Å². The van der Waals surface area contributed by atoms with E-state index in [0.29, 0.717) is 6.42 Å². The molecule has 0 amide bonds. The standard InChI is InChI=1S/C4H8O.C3H6O/c1-2-3-4-5;1-3(2)4/h4H,2-3H2,1H3;1-2H3. The molecule has 0 saturated carbocycles. The molecule has 54 valence electrons. The van der Waals surface area contributed by atoms with Gasteiger partial charge >= 0.3 is 0 Å². The molecule has 0 rings (SSSR count). The maximum Gasteiger partial charge on any atom is 0.126 e. The van der Waals surface area contributed by atoms with Gasteiger partial charge in [0.25, 0.3) is 0 Å². The number of hydrogen-bond donors (Lipinski definition) is 0. The summed E-state index contributed by atoms with van der Waals surface area (Å²) in [4.78, 5) is 18.8. The second-order valence-electron chi connectivity index (χ2n) is 1.86. The molecule has 0 aromatic rings. The molecule has 0 aliphatic carbocycles. The van der Waals surface area contributed by atoms with Gasteiger partial charge in [-0.05, 0) is 20.3 Å². The number of Topliss-reactive ketones (excluding diaryl/α,β-unsaturated/α-hetero) is 1. The third-order valence-electron chi connectivity index (χ3n) is 0.407. The molecule has 0 heterocycles. The fraction of sp³-hybridized carbons (Fsp3) is 0.714. The van der Waals surface area contributed by atoms with Gasteiger partial charge in [0.15, 0.2) is 0 Å². The molecule has 0 aliphatic rings. The minimum absolute atomic E-state index is 0.167. The summed E-state index contributed by atoms with van der Waals surface area (Å²) in [6.07, 6.45) is 2.61. The summed E-state index contributed by atoms with van der Waals surface area (Å²) < 4.78 is 0. The van der Waals surface area contributed by atoms with Crippen LogP contribution in [0.5, 0.6) is 0 Å². The van der Waals surface area contributed by atoms with Crippen LogP contribution in [-0.2, 0) is 9.59 Å². The van der Waals surface area contributed by atoms with Crippen molar-refractivity contribution in [3.63, 3.8) is 0 Å². The smallest absolute Gasteiger partial charge is 0.126 e. The molecule has 0 N–H and O–H groups in total. The summed E-state index contributed by atoms with van der Waals surface area (Å²) in [5.41, 5.74) is 0. The molecule has 0 aromatic heterocycles. The van der Waals surface area contributed by atoms with Gasteiger partial charge in [0.1, 0.15) is 12.1 Å². The Morgan fingerprint density at radius 3 is 1.78 bits per heavy atom. The number of aldehydes is 1. The zero-order valence-electron chi connectivity index (χ0n) is 6.31. The van der Waals surface area contributed by atoms with E-state index in [9.17, 15) is 9.59 Å². The minimum atomic E-state index is 0.167. The highest BCUT2D eigenvalue weighted by molar-refractivity contribution is 5.72. The first-order valence-electron chi connectivity index (χ1n) is 3.06. The van der Waals surface area contributed by atoms with Crippen molar-refractivity contribution in [2.24, 2.45) is 0 Å². The average Bonchev–Trinajstić information content (AvgIpc) is 1.66. The van der Waals surface area contributed by atoms with E-state index in [0.717, 1.165) is 12.7 Å². The molecule has 0 atom stereocenters. The summed E-state index contributed by atoms with van der Waals surface area (Å²) in [6, 6.07) is 0. The summed E-state index contributed by atoms with van der Waals surface area (Å²) in [7, 11) is 0. The van der Waals surface area contributed by atoms with E-state index in [2.05, 4.69) is 0 Å². The Morgan fingerprint density at radius 1 is 1.44 bits per heavy atom. The summed E-state index contributed by atoms with van der Waals surface area (Å²) in [6.45, 7) is 5.04. The number of rotatable bonds is 2. The Kier molecular flexibility index (Phi) is 12.9. The lowest BCUT2D eigenvalue weighted by molar-refractivity contribution is -0.115. The predicted molar refractivity (Wildman–Crippen MR) is 37.3 cm³/mol. The first kappa shape index (κ1) is 11.2. The van der Waals surface area contributed by atoms with Crippen molar-refractivity contribution >= 4 is 12.1 Å². The van der Waals surface area contributed by atoms with E-state index < -0.39 is 0 Å². The van der Waals surface area contributed by atoms with Gasteiger partial charge in [-0.1, -0.05) is 6.92 Å². The Hall–Kier alpha value is -0.660. The van der Waals surface area contributed by atoms with Gasteiger partial charge in [-0.2, -0.15) is 0 Å². The van der Waals surface area contributed by atoms with E-state index in [4.69, 9.17) is 0 Å². The normalized spacial score (nSPS) is 7.00. The number of ketones is 1. The first-order valence-corrected chi connectivity index (χ1v) is 3.06. The highest BCUT2D eigenvalue weighted by Gasteiger charge is 1.66. The number of carbonyl (C=O) groups is 2. The van der Waals surface area contributed by atoms with E-state index in [1.807, 2.05) is 6.92 Å². The van der Waals surface area contributed by atoms with Gasteiger partial charge in [0, 0.05) is 6.42 Å². The summed E-state index contributed by atoms with van der Waals surface area (Å²) in [5, 5.41) is 0. The van der Waals surface area contributed by atoms with Crippen molar-refractivity contribution in [1.29, 1.82) is 0 Å². The third-order valence-corrected chi connectivity index (χ3v) is 0.407. The van der Waals surface area contributed by atoms with Crippen LogP contribution in [0.3, 0.4) is 0 Å². The summed E-state index contributed by atoms with van der Waals surface area (Å²) in [5.74, 6) is 0.167. The van der Waals surface area contributed by atoms with E-state index >= 15 is 0 Å². The fourth-order valence-corrected chi connectivity index (χ4v) is 0.118. The minimum Gasteiger partial charge on any atom is -0.303 e. The van der Waals surface area contributed by atoms with Gasteiger partial charge < -0.3 is 9.59 Å². The fourth-order valence-electron chi connectivity index (χ4n) is 0.118. The van der Waals surface area contributed by atoms with Gasteiger partial charge in [0.05, 0.1) is 0 Å². The van der Waals surface area contributed by atoms with Gasteiger partial charge in [-0.25, -0.2) is 0 Å². The molecule has 0 bridgehead atoms. The van der Waals surface area contributed by atoms with Crippen molar-refractivity contribution < 1.29 is 9.59 Å². The number of carbonyl (C=O) groups excluding carboxylic acids is 2. The Bertz CT molecular complexity index is 73.0. The van der Waals surface area contributed by atoms with Crippen molar-refractivity contribution in [3.8, 4) is 0 Å². The summed E-state index contributed by atoms with van der Waals surface area (Å²) >= 11 is 0. The largest absolute Gasteiger partial charge is 0.303 e. The van der Waals surface area contributed by atoms with Crippen LogP contribution in [0.2, 0.25) is 0 Å². The highest BCUT2D eigenvalue weighted by atomic mass is 16.1. The van der Waals surface area contributed by atoms with Crippen molar-refractivity contribution in [2.45, 2.75) is 33.6 Å². The molecular formula is C7H14O2. The Labute approximate surface area is 56.3 Å². The lowest BCUT2D eigenvalue weighted by atomic mass is 10.4. The van der Waals surface area contributed by atoms with Crippen LogP contribution in [0.15, 0.2) is 0 Å². The molecule has 0 fully saturated rings. The quantitative estimate of drug-likeness (QED) is 0.532. The van der Waals surface area contributed by atoms with Crippen molar-refractivity contribution in [2.75, 3.05) is 0 Å². The molecule has 0 aromatic carbocycles. The number of unbranched alkanes of at least 4 members (excludes halogenated alkanes) is 1. The molecule has 2 nitrogen and oxygen atoms in total. The second kappa shape index (κ2) is 10.3. The molecule has 0 aliphatic heterocycles. The van der Waals surface area contributed by atoms with Crippen LogP contribution in [-0.4, -0.2) is 12.1 Å². The van der Waals surface area contributed by atoms with Crippen molar-refractivity contribution in [3.05, 3.63) is 0 Å². The maximum absolute atomic E-state index is 9.44. The third kappa shape index (κ3) is 117. The predicted octanol–water partition coefficient (Wildman–Crippen LogP) is 1.58. The van der Waals surface area contributed by atoms with Crippen molar-refractivity contribution in [1.82, 2.24) is 0 Å². The molecule has 2 heteroatoms. The van der Waals surface area contributed by atoms with E-state index in [-0.39, 0.29) is 5.78 Å². The molecule has 0 radical (unpaired) electrons. The monoisotopic (exact) mass is 130 g/mol. The maximum atomic E-state index is 9.44. The molecule has 0 saturated heterocycles. The average molecular weight is 130 g/mol.